The maximum absolute atomic E-state index is 14.4. The van der Waals surface area contributed by atoms with E-state index in [9.17, 15) is 19.7 Å². The minimum absolute atomic E-state index is 0.0410. The van der Waals surface area contributed by atoms with Crippen molar-refractivity contribution in [3.8, 4) is 0 Å². The molecule has 0 unspecified atom stereocenters. The summed E-state index contributed by atoms with van der Waals surface area (Å²) in [6.07, 6.45) is 0.419. The first-order valence-corrected chi connectivity index (χ1v) is 13.0. The van der Waals surface area contributed by atoms with E-state index in [1.807, 2.05) is 60.7 Å². The van der Waals surface area contributed by atoms with Crippen molar-refractivity contribution in [2.75, 3.05) is 12.3 Å². The zero-order valence-electron chi connectivity index (χ0n) is 21.4. The minimum atomic E-state index is -1.05. The molecule has 2 amide bonds. The molecule has 13 heteroatoms. The van der Waals surface area contributed by atoms with Gasteiger partial charge in [0.15, 0.2) is 5.03 Å². The van der Waals surface area contributed by atoms with E-state index in [1.165, 1.54) is 4.90 Å². The van der Waals surface area contributed by atoms with E-state index >= 15 is 0 Å². The lowest BCUT2D eigenvalue weighted by Gasteiger charge is -2.33. The van der Waals surface area contributed by atoms with Crippen LogP contribution in [0, 0.1) is 10.1 Å². The molecule has 0 fully saturated rings. The topological polar surface area (TPSA) is 183 Å². The summed E-state index contributed by atoms with van der Waals surface area (Å²) in [6.45, 7) is 0.107. The monoisotopic (exact) mass is 585 g/mol. The van der Waals surface area contributed by atoms with Gasteiger partial charge < -0.3 is 27.4 Å². The lowest BCUT2D eigenvalue weighted by molar-refractivity contribution is -0.485. The van der Waals surface area contributed by atoms with Crippen LogP contribution in [0.1, 0.15) is 35.4 Å². The van der Waals surface area contributed by atoms with Crippen LogP contribution in [-0.2, 0) is 16.1 Å². The molecule has 0 saturated heterocycles. The van der Waals surface area contributed by atoms with Gasteiger partial charge in [0.2, 0.25) is 11.8 Å². The lowest BCUT2D eigenvalue weighted by atomic mass is 9.89. The molecule has 0 saturated carbocycles. The Morgan fingerprint density at radius 1 is 0.975 bits per heavy atom. The van der Waals surface area contributed by atoms with Crippen molar-refractivity contribution < 1.29 is 14.6 Å². The highest BCUT2D eigenvalue weighted by Crippen LogP contribution is 2.32. The van der Waals surface area contributed by atoms with Gasteiger partial charge in [-0.25, -0.2) is 10.1 Å². The summed E-state index contributed by atoms with van der Waals surface area (Å²) >= 11 is 12.5. The smallest absolute Gasteiger partial charge is 0.266 e. The van der Waals surface area contributed by atoms with E-state index in [1.54, 1.807) is 12.1 Å². The number of nitrogens with two attached hydrogens (primary N) is 3. The third kappa shape index (κ3) is 8.08. The average Bonchev–Trinajstić information content (AvgIpc) is 2.91. The van der Waals surface area contributed by atoms with E-state index in [0.717, 1.165) is 11.1 Å². The molecule has 0 spiro atoms. The van der Waals surface area contributed by atoms with Gasteiger partial charge in [-0.15, -0.1) is 0 Å². The number of nitrogens with one attached hydrogen (secondary N) is 1. The van der Waals surface area contributed by atoms with Crippen molar-refractivity contribution in [2.45, 2.75) is 31.3 Å². The van der Waals surface area contributed by atoms with Gasteiger partial charge in [-0.2, -0.15) is 0 Å². The Morgan fingerprint density at radius 2 is 1.50 bits per heavy atom. The molecular formula is C27H29Cl2N7O4. The van der Waals surface area contributed by atoms with Gasteiger partial charge in [0.1, 0.15) is 11.1 Å². The van der Waals surface area contributed by atoms with E-state index in [2.05, 4.69) is 10.4 Å². The third-order valence-corrected chi connectivity index (χ3v) is 6.77. The van der Waals surface area contributed by atoms with Crippen LogP contribution >= 0.6 is 23.2 Å². The Balaban J connectivity index is 2.00. The summed E-state index contributed by atoms with van der Waals surface area (Å²) in [4.78, 5) is 39.1. The van der Waals surface area contributed by atoms with Crippen LogP contribution in [-0.4, -0.2) is 40.3 Å². The Hall–Kier alpha value is -4.35. The van der Waals surface area contributed by atoms with Crippen molar-refractivity contribution in [3.05, 3.63) is 110 Å². The SMILES string of the molecule is NC(=O)[C@@H](CCCNC(N)=N[N+](=O)[O-])N(Cc1cc(Cl)c(N)c(Cl)c1)C(=O)C(c1ccccc1)c1ccccc1. The van der Waals surface area contributed by atoms with E-state index in [0.29, 0.717) is 5.56 Å². The number of rotatable bonds is 12. The molecule has 0 heterocycles. The van der Waals surface area contributed by atoms with Crippen molar-refractivity contribution in [1.82, 2.24) is 10.2 Å². The molecule has 3 aromatic rings. The quantitative estimate of drug-likeness (QED) is 0.0625. The summed E-state index contributed by atoms with van der Waals surface area (Å²) < 4.78 is 0. The summed E-state index contributed by atoms with van der Waals surface area (Å²) in [5.41, 5.74) is 19.4. The van der Waals surface area contributed by atoms with Gasteiger partial charge in [0.05, 0.1) is 21.7 Å². The standard InChI is InChI=1S/C27H29Cl2N7O4/c28-20-14-17(15-21(29)24(20)30)16-35(22(25(31)37)12-7-13-33-27(32)34-36(39)40)26(38)23(18-8-3-1-4-9-18)19-10-5-2-6-11-19/h1-6,8-11,14-15,22-23H,7,12-13,16,30H2,(H2,31,37)(H3,32,33,34)/t22-/m1/s1. The Kier molecular flexibility index (Phi) is 10.7. The van der Waals surface area contributed by atoms with Gasteiger partial charge in [0, 0.05) is 13.1 Å². The second kappa shape index (κ2) is 14.2. The molecule has 0 radical (unpaired) electrons. The summed E-state index contributed by atoms with van der Waals surface area (Å²) in [7, 11) is 0. The van der Waals surface area contributed by atoms with Crippen LogP contribution < -0.4 is 22.5 Å². The second-order valence-corrected chi connectivity index (χ2v) is 9.72. The molecule has 0 aliphatic rings. The predicted octanol–water partition coefficient (Wildman–Crippen LogP) is 3.47. The van der Waals surface area contributed by atoms with Crippen molar-refractivity contribution in [2.24, 2.45) is 16.6 Å². The first-order chi connectivity index (χ1) is 19.1. The molecule has 3 rings (SSSR count). The molecule has 1 atom stereocenters. The summed E-state index contributed by atoms with van der Waals surface area (Å²) in [5.74, 6) is -2.22. The Bertz CT molecular complexity index is 1310. The third-order valence-electron chi connectivity index (χ3n) is 6.14. The predicted molar refractivity (Wildman–Crippen MR) is 155 cm³/mol. The molecule has 0 aliphatic carbocycles. The van der Waals surface area contributed by atoms with Crippen molar-refractivity contribution in [1.29, 1.82) is 0 Å². The zero-order valence-corrected chi connectivity index (χ0v) is 22.9. The molecule has 0 bridgehead atoms. The molecule has 3 aromatic carbocycles. The first-order valence-electron chi connectivity index (χ1n) is 12.2. The number of amides is 2. The van der Waals surface area contributed by atoms with Crippen LogP contribution in [0.4, 0.5) is 5.69 Å². The summed E-state index contributed by atoms with van der Waals surface area (Å²) in [6, 6.07) is 20.5. The number of halogens is 2. The number of benzene rings is 3. The number of hydrogen-bond acceptors (Lipinski definition) is 5. The van der Waals surface area contributed by atoms with Crippen LogP contribution in [0.2, 0.25) is 10.0 Å². The van der Waals surface area contributed by atoms with Crippen molar-refractivity contribution >= 4 is 46.7 Å². The van der Waals surface area contributed by atoms with Gasteiger partial charge in [-0.1, -0.05) is 83.9 Å². The molecule has 0 aromatic heterocycles. The van der Waals surface area contributed by atoms with Gasteiger partial charge in [0.25, 0.3) is 5.96 Å². The average molecular weight is 586 g/mol. The highest BCUT2D eigenvalue weighted by Gasteiger charge is 2.34. The van der Waals surface area contributed by atoms with Crippen LogP contribution in [0.5, 0.6) is 0 Å². The van der Waals surface area contributed by atoms with Crippen LogP contribution in [0.3, 0.4) is 0 Å². The number of nitro groups is 1. The number of nitrogen functional groups attached to an aromatic ring is 1. The molecule has 11 nitrogen and oxygen atoms in total. The van der Waals surface area contributed by atoms with E-state index < -0.39 is 22.9 Å². The number of anilines is 1. The lowest BCUT2D eigenvalue weighted by Crippen LogP contribution is -2.49. The number of carbonyl (C=O) groups excluding carboxylic acids is 2. The zero-order chi connectivity index (χ0) is 29.2. The van der Waals surface area contributed by atoms with E-state index in [-0.39, 0.29) is 53.5 Å². The molecule has 210 valence electrons. The largest absolute Gasteiger partial charge is 0.396 e. The second-order valence-electron chi connectivity index (χ2n) is 8.90. The highest BCUT2D eigenvalue weighted by atomic mass is 35.5. The van der Waals surface area contributed by atoms with Gasteiger partial charge in [-0.05, 0) is 41.7 Å². The fourth-order valence-electron chi connectivity index (χ4n) is 4.29. The first kappa shape index (κ1) is 30.2. The fraction of sp³-hybridized carbons (Fsp3) is 0.222. The number of hydrogen-bond donors (Lipinski definition) is 4. The van der Waals surface area contributed by atoms with Crippen LogP contribution in [0.15, 0.2) is 77.9 Å². The number of carbonyl (C=O) groups is 2. The molecule has 0 aliphatic heterocycles. The van der Waals surface area contributed by atoms with Gasteiger partial charge >= 0.3 is 0 Å². The van der Waals surface area contributed by atoms with Crippen molar-refractivity contribution in [3.63, 3.8) is 0 Å². The van der Waals surface area contributed by atoms with Crippen LogP contribution in [0.25, 0.3) is 0 Å². The molecule has 7 N–H and O–H groups in total. The minimum Gasteiger partial charge on any atom is -0.396 e. The number of guanidine groups is 1. The van der Waals surface area contributed by atoms with E-state index in [4.69, 9.17) is 40.4 Å². The Labute approximate surface area is 241 Å². The summed E-state index contributed by atoms with van der Waals surface area (Å²) in [5, 5.41) is 15.6. The normalized spacial score (nSPS) is 12.1. The Morgan fingerprint density at radius 3 is 1.98 bits per heavy atom. The number of nitrogens with zero attached hydrogens (tertiary/aromatic N) is 3. The maximum Gasteiger partial charge on any atom is 0.266 e. The van der Waals surface area contributed by atoms with Gasteiger partial charge in [-0.3, -0.25) is 9.59 Å². The molecular weight excluding hydrogens is 557 g/mol. The highest BCUT2D eigenvalue weighted by molar-refractivity contribution is 6.38. The number of hydrazone groups is 1. The molecule has 40 heavy (non-hydrogen) atoms. The maximum atomic E-state index is 14.4. The number of primary amides is 1. The fourth-order valence-corrected chi connectivity index (χ4v) is 4.82.